The Morgan fingerprint density at radius 3 is 2.69 bits per heavy atom. The Morgan fingerprint density at radius 1 is 1.07 bits per heavy atom. The molecule has 0 radical (unpaired) electrons. The van der Waals surface area contributed by atoms with Crippen molar-refractivity contribution in [2.24, 2.45) is 5.41 Å². The van der Waals surface area contributed by atoms with E-state index in [4.69, 9.17) is 0 Å². The summed E-state index contributed by atoms with van der Waals surface area (Å²) < 4.78 is 13.2. The molecule has 1 aromatic heterocycles. The smallest absolute Gasteiger partial charge is 0.255 e. The molecule has 0 N–H and O–H groups in total. The molecule has 2 aliphatic heterocycles. The number of pyridine rings is 1. The van der Waals surface area contributed by atoms with E-state index < -0.39 is 0 Å². The molecular weight excluding hydrogens is 369 g/mol. The third-order valence-electron chi connectivity index (χ3n) is 6.02. The van der Waals surface area contributed by atoms with Crippen LogP contribution in [-0.4, -0.2) is 41.3 Å². The molecule has 2 aliphatic rings. The largest absolute Gasteiger partial charge is 0.338 e. The Labute approximate surface area is 167 Å². The number of amides is 2. The Balaban J connectivity index is 1.34. The highest BCUT2D eigenvalue weighted by Crippen LogP contribution is 2.42. The van der Waals surface area contributed by atoms with Gasteiger partial charge in [0.1, 0.15) is 5.82 Å². The number of para-hydroxylation sites is 1. The van der Waals surface area contributed by atoms with Gasteiger partial charge in [0.25, 0.3) is 5.91 Å². The molecule has 0 bridgehead atoms. The zero-order valence-electron chi connectivity index (χ0n) is 15.8. The molecule has 1 spiro atoms. The van der Waals surface area contributed by atoms with E-state index in [1.165, 1.54) is 12.1 Å². The first-order valence-corrected chi connectivity index (χ1v) is 9.73. The van der Waals surface area contributed by atoms with Gasteiger partial charge < -0.3 is 9.80 Å². The Morgan fingerprint density at radius 2 is 1.86 bits per heavy atom. The molecular formula is C23H20FN3O2. The van der Waals surface area contributed by atoms with Crippen LogP contribution in [0.2, 0.25) is 0 Å². The molecule has 29 heavy (non-hydrogen) atoms. The molecule has 3 heterocycles. The van der Waals surface area contributed by atoms with E-state index in [0.29, 0.717) is 37.3 Å². The zero-order valence-corrected chi connectivity index (χ0v) is 15.8. The number of rotatable bonds is 2. The molecule has 5 nitrogen and oxygen atoms in total. The minimum absolute atomic E-state index is 0.0262. The minimum atomic E-state index is -0.322. The standard InChI is InChI=1S/C23H20FN3O2/c24-18-5-7-19(8-6-18)27-15-23(12-21(27)28)9-10-26(14-23)22(29)17-11-16-3-1-2-4-20(16)25-13-17/h1-8,11,13H,9-10,12,14-15H2/t23-/m0/s1. The summed E-state index contributed by atoms with van der Waals surface area (Å²) in [6.07, 6.45) is 2.81. The van der Waals surface area contributed by atoms with E-state index in [9.17, 15) is 14.0 Å². The number of halogens is 1. The van der Waals surface area contributed by atoms with Gasteiger partial charge in [-0.05, 0) is 42.8 Å². The van der Waals surface area contributed by atoms with Crippen LogP contribution < -0.4 is 4.90 Å². The fourth-order valence-corrected chi connectivity index (χ4v) is 4.50. The van der Waals surface area contributed by atoms with E-state index in [0.717, 1.165) is 17.3 Å². The summed E-state index contributed by atoms with van der Waals surface area (Å²) in [7, 11) is 0. The monoisotopic (exact) mass is 389 g/mol. The minimum Gasteiger partial charge on any atom is -0.338 e. The van der Waals surface area contributed by atoms with E-state index in [-0.39, 0.29) is 23.0 Å². The summed E-state index contributed by atoms with van der Waals surface area (Å²) in [5.74, 6) is -0.345. The van der Waals surface area contributed by atoms with Crippen LogP contribution in [0.25, 0.3) is 10.9 Å². The van der Waals surface area contributed by atoms with Crippen molar-refractivity contribution in [1.82, 2.24) is 9.88 Å². The second-order valence-corrected chi connectivity index (χ2v) is 8.03. The number of hydrogen-bond acceptors (Lipinski definition) is 3. The lowest BCUT2D eigenvalue weighted by atomic mass is 9.86. The zero-order chi connectivity index (χ0) is 20.0. The van der Waals surface area contributed by atoms with Gasteiger partial charge in [0, 0.05) is 48.7 Å². The number of nitrogens with zero attached hydrogens (tertiary/aromatic N) is 3. The fourth-order valence-electron chi connectivity index (χ4n) is 4.50. The topological polar surface area (TPSA) is 53.5 Å². The van der Waals surface area contributed by atoms with Crippen LogP contribution in [0.15, 0.2) is 60.8 Å². The van der Waals surface area contributed by atoms with Crippen LogP contribution in [0.3, 0.4) is 0 Å². The summed E-state index contributed by atoms with van der Waals surface area (Å²) in [6.45, 7) is 1.72. The van der Waals surface area contributed by atoms with Crippen molar-refractivity contribution in [3.8, 4) is 0 Å². The predicted octanol–water partition coefficient (Wildman–Crippen LogP) is 3.64. The van der Waals surface area contributed by atoms with E-state index in [1.807, 2.05) is 35.2 Å². The first kappa shape index (κ1) is 17.8. The van der Waals surface area contributed by atoms with Crippen molar-refractivity contribution in [1.29, 1.82) is 0 Å². The molecule has 1 atom stereocenters. The second-order valence-electron chi connectivity index (χ2n) is 8.03. The van der Waals surface area contributed by atoms with E-state index in [1.54, 1.807) is 23.2 Å². The van der Waals surface area contributed by atoms with Gasteiger partial charge in [0.05, 0.1) is 11.1 Å². The molecule has 0 unspecified atom stereocenters. The van der Waals surface area contributed by atoms with Crippen molar-refractivity contribution < 1.29 is 14.0 Å². The van der Waals surface area contributed by atoms with Crippen molar-refractivity contribution in [2.75, 3.05) is 24.5 Å². The van der Waals surface area contributed by atoms with Gasteiger partial charge in [-0.3, -0.25) is 14.6 Å². The van der Waals surface area contributed by atoms with Crippen molar-refractivity contribution >= 4 is 28.4 Å². The number of hydrogen-bond donors (Lipinski definition) is 0. The lowest BCUT2D eigenvalue weighted by molar-refractivity contribution is -0.117. The summed E-state index contributed by atoms with van der Waals surface area (Å²) in [6, 6.07) is 15.6. The number of benzene rings is 2. The predicted molar refractivity (Wildman–Crippen MR) is 108 cm³/mol. The van der Waals surface area contributed by atoms with Gasteiger partial charge in [0.2, 0.25) is 5.91 Å². The summed E-state index contributed by atoms with van der Waals surface area (Å²) >= 11 is 0. The van der Waals surface area contributed by atoms with Gasteiger partial charge in [-0.25, -0.2) is 4.39 Å². The number of carbonyl (C=O) groups excluding carboxylic acids is 2. The van der Waals surface area contributed by atoms with Crippen LogP contribution >= 0.6 is 0 Å². The lowest BCUT2D eigenvalue weighted by Gasteiger charge is -2.24. The molecule has 6 heteroatoms. The number of likely N-dealkylation sites (tertiary alicyclic amines) is 1. The maximum absolute atomic E-state index is 13.2. The second kappa shape index (κ2) is 6.65. The van der Waals surface area contributed by atoms with E-state index in [2.05, 4.69) is 4.98 Å². The SMILES string of the molecule is O=C(c1cnc2ccccc2c1)N1CC[C@]2(CC(=O)N(c3ccc(F)cc3)C2)C1. The molecule has 2 saturated heterocycles. The molecule has 146 valence electrons. The number of aromatic nitrogens is 1. The quantitative estimate of drug-likeness (QED) is 0.672. The van der Waals surface area contributed by atoms with Crippen molar-refractivity contribution in [3.05, 3.63) is 72.2 Å². The number of fused-ring (bicyclic) bond motifs is 1. The van der Waals surface area contributed by atoms with Crippen LogP contribution in [0, 0.1) is 11.2 Å². The highest BCUT2D eigenvalue weighted by Gasteiger charge is 2.48. The average molecular weight is 389 g/mol. The Hall–Kier alpha value is -3.28. The van der Waals surface area contributed by atoms with Gasteiger partial charge in [0.15, 0.2) is 0 Å². The van der Waals surface area contributed by atoms with Crippen molar-refractivity contribution in [2.45, 2.75) is 12.8 Å². The number of carbonyl (C=O) groups is 2. The van der Waals surface area contributed by atoms with Crippen LogP contribution in [0.1, 0.15) is 23.2 Å². The normalized spacial score (nSPS) is 21.5. The Kier molecular flexibility index (Phi) is 4.08. The maximum Gasteiger partial charge on any atom is 0.255 e. The highest BCUT2D eigenvalue weighted by atomic mass is 19.1. The lowest BCUT2D eigenvalue weighted by Crippen LogP contribution is -2.34. The average Bonchev–Trinajstić information content (AvgIpc) is 3.30. The summed E-state index contributed by atoms with van der Waals surface area (Å²) in [5, 5.41) is 0.936. The third-order valence-corrected chi connectivity index (χ3v) is 6.02. The van der Waals surface area contributed by atoms with Crippen LogP contribution in [0.4, 0.5) is 10.1 Å². The summed E-state index contributed by atoms with van der Waals surface area (Å²) in [4.78, 5) is 33.6. The molecule has 2 fully saturated rings. The van der Waals surface area contributed by atoms with Crippen LogP contribution in [-0.2, 0) is 4.79 Å². The van der Waals surface area contributed by atoms with Gasteiger partial charge in [-0.15, -0.1) is 0 Å². The van der Waals surface area contributed by atoms with Gasteiger partial charge in [-0.2, -0.15) is 0 Å². The fraction of sp³-hybridized carbons (Fsp3) is 0.261. The van der Waals surface area contributed by atoms with E-state index >= 15 is 0 Å². The molecule has 2 amide bonds. The molecule has 2 aromatic carbocycles. The van der Waals surface area contributed by atoms with Crippen LogP contribution in [0.5, 0.6) is 0 Å². The maximum atomic E-state index is 13.2. The highest BCUT2D eigenvalue weighted by molar-refractivity contribution is 5.99. The molecule has 0 aliphatic carbocycles. The van der Waals surface area contributed by atoms with Crippen molar-refractivity contribution in [3.63, 3.8) is 0 Å². The molecule has 0 saturated carbocycles. The van der Waals surface area contributed by atoms with Gasteiger partial charge in [-0.1, -0.05) is 18.2 Å². The first-order valence-electron chi connectivity index (χ1n) is 9.73. The number of anilines is 1. The summed E-state index contributed by atoms with van der Waals surface area (Å²) in [5.41, 5.74) is 1.89. The Bertz CT molecular complexity index is 1110. The molecule has 3 aromatic rings. The third kappa shape index (κ3) is 3.14. The first-order chi connectivity index (χ1) is 14.0. The van der Waals surface area contributed by atoms with Gasteiger partial charge >= 0.3 is 0 Å². The molecule has 5 rings (SSSR count).